The molecule has 7 nitrogen and oxygen atoms in total. The fourth-order valence-corrected chi connectivity index (χ4v) is 3.82. The van der Waals surface area contributed by atoms with Gasteiger partial charge in [0.2, 0.25) is 5.91 Å². The van der Waals surface area contributed by atoms with Gasteiger partial charge in [-0.05, 0) is 25.3 Å². The summed E-state index contributed by atoms with van der Waals surface area (Å²) in [5, 5.41) is 22.2. The molecule has 7 heteroatoms. The van der Waals surface area contributed by atoms with Crippen molar-refractivity contribution in [2.75, 3.05) is 26.2 Å². The van der Waals surface area contributed by atoms with Crippen molar-refractivity contribution in [2.24, 2.45) is 5.41 Å². The SMILES string of the molecule is O=C(O)COc1ccccc1CN1CC[C@@H](O)[C@@]2(CCCNC2=O)C1. The summed E-state index contributed by atoms with van der Waals surface area (Å²) in [6, 6.07) is 7.33. The van der Waals surface area contributed by atoms with Gasteiger partial charge in [0.15, 0.2) is 6.61 Å². The number of ether oxygens (including phenoxy) is 1. The molecule has 0 aliphatic carbocycles. The minimum Gasteiger partial charge on any atom is -0.482 e. The second kappa shape index (κ2) is 7.41. The Bertz CT molecular complexity index is 650. The summed E-state index contributed by atoms with van der Waals surface area (Å²) < 4.78 is 5.36. The normalized spacial score (nSPS) is 27.1. The predicted octanol–water partition coefficient (Wildman–Crippen LogP) is 0.613. The van der Waals surface area contributed by atoms with Gasteiger partial charge in [0.25, 0.3) is 0 Å². The molecule has 0 bridgehead atoms. The van der Waals surface area contributed by atoms with Crippen molar-refractivity contribution in [3.05, 3.63) is 29.8 Å². The van der Waals surface area contributed by atoms with Crippen LogP contribution in [0.5, 0.6) is 5.75 Å². The number of carbonyl (C=O) groups is 2. The lowest BCUT2D eigenvalue weighted by Gasteiger charge is -2.47. The predicted molar refractivity (Wildman–Crippen MR) is 90.2 cm³/mol. The maximum atomic E-state index is 12.4. The Labute approximate surface area is 146 Å². The lowest BCUT2D eigenvalue weighted by atomic mass is 9.71. The number of piperidine rings is 2. The van der Waals surface area contributed by atoms with E-state index in [0.29, 0.717) is 44.8 Å². The van der Waals surface area contributed by atoms with Crippen LogP contribution in [0.4, 0.5) is 0 Å². The van der Waals surface area contributed by atoms with Crippen LogP contribution in [0.2, 0.25) is 0 Å². The summed E-state index contributed by atoms with van der Waals surface area (Å²) in [5.74, 6) is -0.543. The molecule has 1 spiro atoms. The summed E-state index contributed by atoms with van der Waals surface area (Å²) in [4.78, 5) is 25.3. The van der Waals surface area contributed by atoms with Gasteiger partial charge in [-0.25, -0.2) is 4.79 Å². The number of rotatable bonds is 5. The van der Waals surface area contributed by atoms with Gasteiger partial charge in [-0.3, -0.25) is 9.69 Å². The van der Waals surface area contributed by atoms with Crippen LogP contribution in [0.3, 0.4) is 0 Å². The second-order valence-electron chi connectivity index (χ2n) is 6.82. The monoisotopic (exact) mass is 348 g/mol. The van der Waals surface area contributed by atoms with E-state index in [1.54, 1.807) is 12.1 Å². The van der Waals surface area contributed by atoms with Gasteiger partial charge >= 0.3 is 5.97 Å². The highest BCUT2D eigenvalue weighted by atomic mass is 16.5. The number of hydrogen-bond donors (Lipinski definition) is 3. The van der Waals surface area contributed by atoms with Gasteiger partial charge in [0.1, 0.15) is 5.75 Å². The van der Waals surface area contributed by atoms with Gasteiger partial charge in [0, 0.05) is 31.7 Å². The van der Waals surface area contributed by atoms with E-state index in [1.807, 2.05) is 12.1 Å². The first-order valence-electron chi connectivity index (χ1n) is 8.62. The molecule has 2 heterocycles. The third-order valence-corrected chi connectivity index (χ3v) is 5.12. The fourth-order valence-electron chi connectivity index (χ4n) is 3.82. The zero-order valence-corrected chi connectivity index (χ0v) is 14.1. The second-order valence-corrected chi connectivity index (χ2v) is 6.82. The van der Waals surface area contributed by atoms with Crippen LogP contribution in [0, 0.1) is 5.41 Å². The Morgan fingerprint density at radius 2 is 2.20 bits per heavy atom. The molecule has 25 heavy (non-hydrogen) atoms. The number of carbonyl (C=O) groups excluding carboxylic acids is 1. The number of aliphatic carboxylic acids is 1. The molecule has 0 aromatic heterocycles. The number of aliphatic hydroxyl groups is 1. The lowest BCUT2D eigenvalue weighted by molar-refractivity contribution is -0.149. The summed E-state index contributed by atoms with van der Waals surface area (Å²) in [6.07, 6.45) is 1.48. The van der Waals surface area contributed by atoms with E-state index in [-0.39, 0.29) is 12.5 Å². The summed E-state index contributed by atoms with van der Waals surface area (Å²) in [5.41, 5.74) is 0.138. The van der Waals surface area contributed by atoms with E-state index in [1.165, 1.54) is 0 Å². The van der Waals surface area contributed by atoms with Crippen molar-refractivity contribution in [1.82, 2.24) is 10.2 Å². The van der Waals surface area contributed by atoms with Crippen molar-refractivity contribution < 1.29 is 24.5 Å². The Kier molecular flexibility index (Phi) is 5.24. The molecule has 0 radical (unpaired) electrons. The number of hydrogen-bond acceptors (Lipinski definition) is 5. The van der Waals surface area contributed by atoms with Crippen LogP contribution in [-0.2, 0) is 16.1 Å². The number of benzene rings is 1. The van der Waals surface area contributed by atoms with Crippen LogP contribution in [0.1, 0.15) is 24.8 Å². The van der Waals surface area contributed by atoms with Gasteiger partial charge in [-0.15, -0.1) is 0 Å². The van der Waals surface area contributed by atoms with Crippen LogP contribution < -0.4 is 10.1 Å². The van der Waals surface area contributed by atoms with Crippen LogP contribution in [-0.4, -0.2) is 59.3 Å². The zero-order chi connectivity index (χ0) is 17.9. The molecule has 2 aliphatic heterocycles. The third kappa shape index (κ3) is 3.77. The first-order valence-corrected chi connectivity index (χ1v) is 8.62. The zero-order valence-electron chi connectivity index (χ0n) is 14.1. The highest BCUT2D eigenvalue weighted by Gasteiger charge is 2.49. The van der Waals surface area contributed by atoms with Crippen molar-refractivity contribution in [1.29, 1.82) is 0 Å². The quantitative estimate of drug-likeness (QED) is 0.721. The molecule has 3 rings (SSSR count). The number of carboxylic acid groups (broad SMARTS) is 1. The number of nitrogens with one attached hydrogen (secondary N) is 1. The molecule has 2 fully saturated rings. The lowest BCUT2D eigenvalue weighted by Crippen LogP contribution is -2.61. The first-order chi connectivity index (χ1) is 12.0. The van der Waals surface area contributed by atoms with Crippen molar-refractivity contribution >= 4 is 11.9 Å². The van der Waals surface area contributed by atoms with E-state index < -0.39 is 17.5 Å². The number of likely N-dealkylation sites (tertiary alicyclic amines) is 1. The van der Waals surface area contributed by atoms with Crippen molar-refractivity contribution in [3.8, 4) is 5.75 Å². The Balaban J connectivity index is 1.73. The number of amides is 1. The smallest absolute Gasteiger partial charge is 0.341 e. The molecule has 1 amide bonds. The molecule has 136 valence electrons. The summed E-state index contributed by atoms with van der Waals surface area (Å²) in [6.45, 7) is 2.01. The topological polar surface area (TPSA) is 99.1 Å². The van der Waals surface area contributed by atoms with Crippen LogP contribution in [0.25, 0.3) is 0 Å². The number of carboxylic acids is 1. The minimum absolute atomic E-state index is 0.0636. The van der Waals surface area contributed by atoms with Crippen molar-refractivity contribution in [2.45, 2.75) is 31.9 Å². The van der Waals surface area contributed by atoms with E-state index in [2.05, 4.69) is 10.2 Å². The molecular formula is C18H24N2O5. The van der Waals surface area contributed by atoms with Gasteiger partial charge in [0.05, 0.1) is 11.5 Å². The van der Waals surface area contributed by atoms with E-state index in [0.717, 1.165) is 12.0 Å². The van der Waals surface area contributed by atoms with E-state index in [4.69, 9.17) is 9.84 Å². The van der Waals surface area contributed by atoms with Crippen molar-refractivity contribution in [3.63, 3.8) is 0 Å². The first kappa shape index (κ1) is 17.7. The highest BCUT2D eigenvalue weighted by molar-refractivity contribution is 5.84. The molecule has 1 aromatic carbocycles. The number of aliphatic hydroxyl groups excluding tert-OH is 1. The van der Waals surface area contributed by atoms with Gasteiger partial charge in [-0.1, -0.05) is 18.2 Å². The van der Waals surface area contributed by atoms with Gasteiger partial charge in [-0.2, -0.15) is 0 Å². The molecule has 0 saturated carbocycles. The van der Waals surface area contributed by atoms with Crippen LogP contribution in [0.15, 0.2) is 24.3 Å². The summed E-state index contributed by atoms with van der Waals surface area (Å²) in [7, 11) is 0. The van der Waals surface area contributed by atoms with E-state index >= 15 is 0 Å². The third-order valence-electron chi connectivity index (χ3n) is 5.12. The van der Waals surface area contributed by atoms with E-state index in [9.17, 15) is 14.7 Å². The molecule has 3 N–H and O–H groups in total. The molecular weight excluding hydrogens is 324 g/mol. The highest BCUT2D eigenvalue weighted by Crippen LogP contribution is 2.38. The van der Waals surface area contributed by atoms with Gasteiger partial charge < -0.3 is 20.3 Å². The molecule has 2 atom stereocenters. The molecule has 0 unspecified atom stereocenters. The summed E-state index contributed by atoms with van der Waals surface area (Å²) >= 11 is 0. The average Bonchev–Trinajstić information content (AvgIpc) is 2.60. The number of nitrogens with zero attached hydrogens (tertiary/aromatic N) is 1. The standard InChI is InChI=1S/C18H24N2O5/c21-15-6-9-20(12-18(15)7-3-8-19-17(18)24)10-13-4-1-2-5-14(13)25-11-16(22)23/h1-2,4-5,15,21H,3,6-12H2,(H,19,24)(H,22,23)/t15-,18-/m1/s1. The Hall–Kier alpha value is -2.12. The maximum Gasteiger partial charge on any atom is 0.341 e. The minimum atomic E-state index is -1.02. The fraction of sp³-hybridized carbons (Fsp3) is 0.556. The molecule has 2 saturated heterocycles. The molecule has 1 aromatic rings. The largest absolute Gasteiger partial charge is 0.482 e. The maximum absolute atomic E-state index is 12.4. The Morgan fingerprint density at radius 3 is 2.96 bits per heavy atom. The Morgan fingerprint density at radius 1 is 1.40 bits per heavy atom. The average molecular weight is 348 g/mol. The van der Waals surface area contributed by atoms with Crippen LogP contribution >= 0.6 is 0 Å². The number of para-hydroxylation sites is 1. The molecule has 2 aliphatic rings.